The Labute approximate surface area is 111 Å². The van der Waals surface area contributed by atoms with Crippen LogP contribution in [-0.2, 0) is 4.74 Å². The summed E-state index contributed by atoms with van der Waals surface area (Å²) in [5, 5.41) is 11.3. The number of nitrogens with zero attached hydrogens (tertiary/aromatic N) is 1. The van der Waals surface area contributed by atoms with E-state index in [2.05, 4.69) is 0 Å². The van der Waals surface area contributed by atoms with E-state index in [4.69, 9.17) is 4.74 Å². The molecule has 2 rings (SSSR count). The van der Waals surface area contributed by atoms with E-state index in [1.807, 2.05) is 24.3 Å². The van der Waals surface area contributed by atoms with Crippen LogP contribution in [0.15, 0.2) is 60.7 Å². The highest BCUT2D eigenvalue weighted by Crippen LogP contribution is 2.27. The van der Waals surface area contributed by atoms with Crippen LogP contribution in [0.2, 0.25) is 0 Å². The summed E-state index contributed by atoms with van der Waals surface area (Å²) >= 11 is 0. The van der Waals surface area contributed by atoms with Crippen molar-refractivity contribution in [2.24, 2.45) is 0 Å². The van der Waals surface area contributed by atoms with Gasteiger partial charge in [-0.05, 0) is 12.1 Å². The molecule has 19 heavy (non-hydrogen) atoms. The zero-order valence-corrected chi connectivity index (χ0v) is 10.4. The zero-order chi connectivity index (χ0) is 13.7. The van der Waals surface area contributed by atoms with Gasteiger partial charge in [-0.2, -0.15) is 0 Å². The van der Waals surface area contributed by atoms with Crippen LogP contribution < -0.4 is 0 Å². The maximum Gasteiger partial charge on any atom is 0.318 e. The molecule has 0 amide bonds. The highest BCUT2D eigenvalue weighted by atomic mass is 16.6. The van der Waals surface area contributed by atoms with Crippen LogP contribution in [0.3, 0.4) is 0 Å². The Morgan fingerprint density at radius 2 is 1.42 bits per heavy atom. The first-order valence-electron chi connectivity index (χ1n) is 5.77. The molecule has 0 aliphatic rings. The first kappa shape index (κ1) is 12.8. The maximum atomic E-state index is 11.3. The van der Waals surface area contributed by atoms with Gasteiger partial charge < -0.3 is 4.74 Å². The predicted octanol–water partition coefficient (Wildman–Crippen LogP) is 3.44. The largest absolute Gasteiger partial charge is 0.490 e. The lowest BCUT2D eigenvalue weighted by atomic mass is 10.1. The van der Waals surface area contributed by atoms with Crippen LogP contribution in [0.1, 0.15) is 11.1 Å². The molecule has 0 aliphatic carbocycles. The molecular weight excluding hydrogens is 242 g/mol. The molecule has 4 nitrogen and oxygen atoms in total. The fourth-order valence-corrected chi connectivity index (χ4v) is 1.86. The number of hydrogen-bond donors (Lipinski definition) is 0. The standard InChI is InChI=1S/C15H13NO3/c1-19-15(13-10-6-3-7-11-13)14(16(17)18)12-8-4-2-5-9-12/h2-11H,1H3. The Bertz CT molecular complexity index is 591. The topological polar surface area (TPSA) is 52.4 Å². The van der Waals surface area contributed by atoms with E-state index in [1.54, 1.807) is 36.4 Å². The maximum absolute atomic E-state index is 11.3. The second kappa shape index (κ2) is 5.82. The molecule has 0 heterocycles. The van der Waals surface area contributed by atoms with Crippen molar-refractivity contribution in [2.45, 2.75) is 0 Å². The second-order valence-corrected chi connectivity index (χ2v) is 3.87. The van der Waals surface area contributed by atoms with Crippen molar-refractivity contribution in [3.8, 4) is 0 Å². The van der Waals surface area contributed by atoms with Gasteiger partial charge in [0.05, 0.1) is 17.6 Å². The van der Waals surface area contributed by atoms with Crippen molar-refractivity contribution in [3.05, 3.63) is 81.9 Å². The SMILES string of the molecule is COC(=C(c1ccccc1)[N+](=O)[O-])c1ccccc1. The number of nitro groups is 1. The monoisotopic (exact) mass is 255 g/mol. The van der Waals surface area contributed by atoms with Gasteiger partial charge in [0.1, 0.15) is 0 Å². The van der Waals surface area contributed by atoms with Gasteiger partial charge >= 0.3 is 5.70 Å². The highest BCUT2D eigenvalue weighted by molar-refractivity contribution is 5.83. The molecule has 96 valence electrons. The van der Waals surface area contributed by atoms with Gasteiger partial charge in [-0.1, -0.05) is 48.5 Å². The van der Waals surface area contributed by atoms with Gasteiger partial charge in [0.2, 0.25) is 5.76 Å². The number of benzene rings is 2. The van der Waals surface area contributed by atoms with Gasteiger partial charge in [-0.15, -0.1) is 0 Å². The van der Waals surface area contributed by atoms with Crippen molar-refractivity contribution < 1.29 is 9.66 Å². The van der Waals surface area contributed by atoms with Crippen LogP contribution in [0.4, 0.5) is 0 Å². The second-order valence-electron chi connectivity index (χ2n) is 3.87. The molecule has 0 bridgehead atoms. The molecule has 2 aromatic rings. The fraction of sp³-hybridized carbons (Fsp3) is 0.0667. The molecule has 0 saturated heterocycles. The summed E-state index contributed by atoms with van der Waals surface area (Å²) in [5.74, 6) is 0.261. The average Bonchev–Trinajstić information content (AvgIpc) is 2.46. The molecule has 0 atom stereocenters. The van der Waals surface area contributed by atoms with Gasteiger partial charge in [0.25, 0.3) is 0 Å². The summed E-state index contributed by atoms with van der Waals surface area (Å²) in [6, 6.07) is 17.8. The van der Waals surface area contributed by atoms with Crippen molar-refractivity contribution in [1.29, 1.82) is 0 Å². The van der Waals surface area contributed by atoms with Gasteiger partial charge in [0, 0.05) is 5.56 Å². The third-order valence-corrected chi connectivity index (χ3v) is 2.68. The molecule has 0 N–H and O–H groups in total. The molecule has 0 fully saturated rings. The molecule has 0 spiro atoms. The van der Waals surface area contributed by atoms with Crippen LogP contribution >= 0.6 is 0 Å². The first-order chi connectivity index (χ1) is 9.24. The van der Waals surface area contributed by atoms with Crippen molar-refractivity contribution >= 4 is 11.5 Å². The van der Waals surface area contributed by atoms with Gasteiger partial charge in [-0.3, -0.25) is 10.1 Å². The zero-order valence-electron chi connectivity index (χ0n) is 10.4. The number of rotatable bonds is 4. The van der Waals surface area contributed by atoms with E-state index in [0.717, 1.165) is 0 Å². The third kappa shape index (κ3) is 2.80. The minimum atomic E-state index is -0.416. The van der Waals surface area contributed by atoms with E-state index < -0.39 is 4.92 Å². The summed E-state index contributed by atoms with van der Waals surface area (Å²) < 4.78 is 5.25. The summed E-state index contributed by atoms with van der Waals surface area (Å²) in [6.07, 6.45) is 0. The van der Waals surface area contributed by atoms with Crippen LogP contribution in [0.25, 0.3) is 11.5 Å². The molecule has 0 aromatic heterocycles. The van der Waals surface area contributed by atoms with Crippen molar-refractivity contribution in [2.75, 3.05) is 7.11 Å². The summed E-state index contributed by atoms with van der Waals surface area (Å²) in [4.78, 5) is 10.9. The smallest absolute Gasteiger partial charge is 0.318 e. The van der Waals surface area contributed by atoms with Crippen LogP contribution in [0, 0.1) is 10.1 Å². The first-order valence-corrected chi connectivity index (χ1v) is 5.77. The van der Waals surface area contributed by atoms with Crippen molar-refractivity contribution in [1.82, 2.24) is 0 Å². The fourth-order valence-electron chi connectivity index (χ4n) is 1.86. The molecular formula is C15H13NO3. The van der Waals surface area contributed by atoms with E-state index in [1.165, 1.54) is 7.11 Å². The number of methoxy groups -OCH3 is 1. The molecule has 0 radical (unpaired) electrons. The molecule has 0 unspecified atom stereocenters. The van der Waals surface area contributed by atoms with E-state index in [0.29, 0.717) is 11.1 Å². The van der Waals surface area contributed by atoms with Crippen LogP contribution in [-0.4, -0.2) is 12.0 Å². The highest BCUT2D eigenvalue weighted by Gasteiger charge is 2.23. The lowest BCUT2D eigenvalue weighted by molar-refractivity contribution is -0.375. The predicted molar refractivity (Wildman–Crippen MR) is 73.7 cm³/mol. The lowest BCUT2D eigenvalue weighted by Crippen LogP contribution is -2.03. The Morgan fingerprint density at radius 1 is 0.947 bits per heavy atom. The number of ether oxygens (including phenoxy) is 1. The summed E-state index contributed by atoms with van der Waals surface area (Å²) in [5.41, 5.74) is 1.17. The molecule has 2 aromatic carbocycles. The summed E-state index contributed by atoms with van der Waals surface area (Å²) in [7, 11) is 1.44. The lowest BCUT2D eigenvalue weighted by Gasteiger charge is -2.08. The minimum Gasteiger partial charge on any atom is -0.490 e. The summed E-state index contributed by atoms with van der Waals surface area (Å²) in [6.45, 7) is 0. The third-order valence-electron chi connectivity index (χ3n) is 2.68. The average molecular weight is 255 g/mol. The van der Waals surface area contributed by atoms with Crippen LogP contribution in [0.5, 0.6) is 0 Å². The van der Waals surface area contributed by atoms with Crippen molar-refractivity contribution in [3.63, 3.8) is 0 Å². The minimum absolute atomic E-state index is 0.0331. The van der Waals surface area contributed by atoms with E-state index >= 15 is 0 Å². The molecule has 4 heteroatoms. The molecule has 0 saturated carbocycles. The van der Waals surface area contributed by atoms with E-state index in [9.17, 15) is 10.1 Å². The van der Waals surface area contributed by atoms with Gasteiger partial charge in [-0.25, -0.2) is 0 Å². The Balaban J connectivity index is 2.64. The normalized spacial score (nSPS) is 11.6. The Hall–Kier alpha value is -2.62. The Kier molecular flexibility index (Phi) is 3.93. The Morgan fingerprint density at radius 3 is 1.84 bits per heavy atom. The quantitative estimate of drug-likeness (QED) is 0.364. The molecule has 0 aliphatic heterocycles. The van der Waals surface area contributed by atoms with Gasteiger partial charge in [0.15, 0.2) is 0 Å². The van der Waals surface area contributed by atoms with E-state index in [-0.39, 0.29) is 11.5 Å². The number of hydrogen-bond acceptors (Lipinski definition) is 3.